The van der Waals surface area contributed by atoms with Gasteiger partial charge in [-0.1, -0.05) is 18.2 Å². The average molecular weight is 422 g/mol. The standard InChI is InChI=1S/C23H17F3N4O/c24-23(25,26)18-4-6-19(7-5-18)29-21(31)13-15-2-1-3-17(12-15)22-20(14-28-30-22)16-8-10-27-11-9-16/h1-12,14H,13H2,(H,28,30)(H,29,31). The Bertz CT molecular complexity index is 1190. The molecule has 0 spiro atoms. The fraction of sp³-hybridized carbons (Fsp3) is 0.0870. The van der Waals surface area contributed by atoms with Crippen molar-refractivity contribution in [1.29, 1.82) is 0 Å². The SMILES string of the molecule is O=C(Cc1cccc(-c2[nH]ncc2-c2ccncc2)c1)Nc1ccc(C(F)(F)F)cc1. The molecule has 0 bridgehead atoms. The normalized spacial score (nSPS) is 11.3. The maximum atomic E-state index is 12.7. The second-order valence-corrected chi connectivity index (χ2v) is 6.90. The van der Waals surface area contributed by atoms with Crippen LogP contribution >= 0.6 is 0 Å². The summed E-state index contributed by atoms with van der Waals surface area (Å²) in [5.41, 5.74) is 3.86. The number of pyridine rings is 1. The first-order chi connectivity index (χ1) is 14.9. The smallest absolute Gasteiger partial charge is 0.326 e. The molecule has 2 aromatic carbocycles. The van der Waals surface area contributed by atoms with E-state index in [0.29, 0.717) is 5.69 Å². The van der Waals surface area contributed by atoms with Gasteiger partial charge >= 0.3 is 6.18 Å². The number of rotatable bonds is 5. The Balaban J connectivity index is 1.48. The van der Waals surface area contributed by atoms with Crippen LogP contribution in [0.1, 0.15) is 11.1 Å². The topological polar surface area (TPSA) is 70.7 Å². The molecule has 0 saturated heterocycles. The van der Waals surface area contributed by atoms with Crippen LogP contribution in [0.3, 0.4) is 0 Å². The molecule has 156 valence electrons. The summed E-state index contributed by atoms with van der Waals surface area (Å²) in [5, 5.41) is 9.76. The van der Waals surface area contributed by atoms with Gasteiger partial charge in [0, 0.05) is 29.2 Å². The zero-order valence-electron chi connectivity index (χ0n) is 16.1. The van der Waals surface area contributed by atoms with Crippen molar-refractivity contribution in [2.24, 2.45) is 0 Å². The molecule has 4 aromatic rings. The minimum Gasteiger partial charge on any atom is -0.326 e. The Morgan fingerprint density at radius 3 is 2.42 bits per heavy atom. The van der Waals surface area contributed by atoms with E-state index in [2.05, 4.69) is 20.5 Å². The summed E-state index contributed by atoms with van der Waals surface area (Å²) >= 11 is 0. The first-order valence-electron chi connectivity index (χ1n) is 9.40. The molecule has 0 aliphatic carbocycles. The maximum Gasteiger partial charge on any atom is 0.416 e. The fourth-order valence-corrected chi connectivity index (χ4v) is 3.23. The van der Waals surface area contributed by atoms with Crippen LogP contribution in [0.5, 0.6) is 0 Å². The second-order valence-electron chi connectivity index (χ2n) is 6.90. The molecule has 2 aromatic heterocycles. The molecule has 2 heterocycles. The lowest BCUT2D eigenvalue weighted by Gasteiger charge is -2.09. The van der Waals surface area contributed by atoms with Crippen molar-refractivity contribution in [3.63, 3.8) is 0 Å². The molecule has 0 fully saturated rings. The summed E-state index contributed by atoms with van der Waals surface area (Å²) in [6, 6.07) is 15.6. The van der Waals surface area contributed by atoms with E-state index in [1.54, 1.807) is 18.6 Å². The zero-order chi connectivity index (χ0) is 21.8. The van der Waals surface area contributed by atoms with Crippen molar-refractivity contribution in [3.05, 3.63) is 90.4 Å². The van der Waals surface area contributed by atoms with Gasteiger partial charge in [-0.2, -0.15) is 18.3 Å². The molecule has 0 radical (unpaired) electrons. The summed E-state index contributed by atoms with van der Waals surface area (Å²) in [6.45, 7) is 0. The number of aromatic nitrogens is 3. The molecule has 2 N–H and O–H groups in total. The van der Waals surface area contributed by atoms with E-state index in [0.717, 1.165) is 40.1 Å². The predicted molar refractivity (Wildman–Crippen MR) is 111 cm³/mol. The molecular weight excluding hydrogens is 405 g/mol. The largest absolute Gasteiger partial charge is 0.416 e. The van der Waals surface area contributed by atoms with Crippen molar-refractivity contribution in [3.8, 4) is 22.4 Å². The molecular formula is C23H17F3N4O. The third-order valence-corrected chi connectivity index (χ3v) is 4.71. The molecule has 8 heteroatoms. The number of H-pyrrole nitrogens is 1. The van der Waals surface area contributed by atoms with Gasteiger partial charge in [0.25, 0.3) is 0 Å². The van der Waals surface area contributed by atoms with E-state index in [9.17, 15) is 18.0 Å². The number of nitrogens with one attached hydrogen (secondary N) is 2. The molecule has 4 rings (SSSR count). The zero-order valence-corrected chi connectivity index (χ0v) is 16.1. The first-order valence-corrected chi connectivity index (χ1v) is 9.40. The maximum absolute atomic E-state index is 12.7. The monoisotopic (exact) mass is 422 g/mol. The van der Waals surface area contributed by atoms with Crippen molar-refractivity contribution >= 4 is 11.6 Å². The highest BCUT2D eigenvalue weighted by molar-refractivity contribution is 5.92. The molecule has 0 saturated carbocycles. The molecule has 5 nitrogen and oxygen atoms in total. The van der Waals surface area contributed by atoms with E-state index in [4.69, 9.17) is 0 Å². The molecule has 1 amide bonds. The van der Waals surface area contributed by atoms with Crippen LogP contribution in [0, 0.1) is 0 Å². The molecule has 0 aliphatic heterocycles. The minimum absolute atomic E-state index is 0.0770. The van der Waals surface area contributed by atoms with Gasteiger partial charge in [-0.05, 0) is 53.6 Å². The summed E-state index contributed by atoms with van der Waals surface area (Å²) in [5.74, 6) is -0.323. The number of aromatic amines is 1. The third kappa shape index (κ3) is 4.80. The summed E-state index contributed by atoms with van der Waals surface area (Å²) < 4.78 is 38.0. The van der Waals surface area contributed by atoms with Crippen molar-refractivity contribution < 1.29 is 18.0 Å². The lowest BCUT2D eigenvalue weighted by Crippen LogP contribution is -2.14. The number of carbonyl (C=O) groups is 1. The quantitative estimate of drug-likeness (QED) is 0.456. The summed E-state index contributed by atoms with van der Waals surface area (Å²) in [4.78, 5) is 16.4. The number of carbonyl (C=O) groups excluding carboxylic acids is 1. The number of anilines is 1. The van der Waals surface area contributed by atoms with Gasteiger partial charge in [-0.3, -0.25) is 14.9 Å². The van der Waals surface area contributed by atoms with E-state index >= 15 is 0 Å². The third-order valence-electron chi connectivity index (χ3n) is 4.71. The van der Waals surface area contributed by atoms with E-state index in [1.165, 1.54) is 12.1 Å². The van der Waals surface area contributed by atoms with Crippen LogP contribution in [-0.4, -0.2) is 21.1 Å². The van der Waals surface area contributed by atoms with Gasteiger partial charge in [-0.15, -0.1) is 0 Å². The number of halogens is 3. The molecule has 0 atom stereocenters. The van der Waals surface area contributed by atoms with Gasteiger partial charge in [0.15, 0.2) is 0 Å². The van der Waals surface area contributed by atoms with Gasteiger partial charge in [-0.25, -0.2) is 0 Å². The van der Waals surface area contributed by atoms with E-state index in [1.807, 2.05) is 36.4 Å². The van der Waals surface area contributed by atoms with E-state index < -0.39 is 11.7 Å². The molecule has 0 aliphatic rings. The summed E-state index contributed by atoms with van der Waals surface area (Å²) in [7, 11) is 0. The van der Waals surface area contributed by atoms with Crippen LogP contribution in [-0.2, 0) is 17.4 Å². The number of benzene rings is 2. The van der Waals surface area contributed by atoms with Crippen LogP contribution in [0.4, 0.5) is 18.9 Å². The lowest BCUT2D eigenvalue weighted by molar-refractivity contribution is -0.137. The highest BCUT2D eigenvalue weighted by atomic mass is 19.4. The van der Waals surface area contributed by atoms with Crippen molar-refractivity contribution in [1.82, 2.24) is 15.2 Å². The Labute approximate surface area is 176 Å². The van der Waals surface area contributed by atoms with E-state index in [-0.39, 0.29) is 12.3 Å². The Kier molecular flexibility index (Phi) is 5.53. The van der Waals surface area contributed by atoms with Gasteiger partial charge in [0.05, 0.1) is 23.9 Å². The number of hydrogen-bond acceptors (Lipinski definition) is 3. The van der Waals surface area contributed by atoms with Crippen LogP contribution in [0.15, 0.2) is 79.3 Å². The Hall–Kier alpha value is -3.94. The summed E-state index contributed by atoms with van der Waals surface area (Å²) in [6.07, 6.45) is 0.801. The average Bonchev–Trinajstić information content (AvgIpc) is 3.24. The van der Waals surface area contributed by atoms with Gasteiger partial charge in [0.1, 0.15) is 0 Å². The highest BCUT2D eigenvalue weighted by Gasteiger charge is 2.30. The minimum atomic E-state index is -4.41. The second kappa shape index (κ2) is 8.43. The lowest BCUT2D eigenvalue weighted by atomic mass is 10.00. The van der Waals surface area contributed by atoms with Gasteiger partial charge in [0.2, 0.25) is 5.91 Å². The first kappa shape index (κ1) is 20.3. The van der Waals surface area contributed by atoms with Gasteiger partial charge < -0.3 is 5.32 Å². The van der Waals surface area contributed by atoms with Crippen LogP contribution in [0.2, 0.25) is 0 Å². The Morgan fingerprint density at radius 1 is 0.968 bits per heavy atom. The molecule has 0 unspecified atom stereocenters. The number of hydrogen-bond donors (Lipinski definition) is 2. The number of amides is 1. The Morgan fingerprint density at radius 2 is 1.71 bits per heavy atom. The number of alkyl halides is 3. The van der Waals surface area contributed by atoms with Crippen LogP contribution < -0.4 is 5.32 Å². The highest BCUT2D eigenvalue weighted by Crippen LogP contribution is 2.31. The van der Waals surface area contributed by atoms with Crippen molar-refractivity contribution in [2.45, 2.75) is 12.6 Å². The van der Waals surface area contributed by atoms with Crippen molar-refractivity contribution in [2.75, 3.05) is 5.32 Å². The molecule has 31 heavy (non-hydrogen) atoms. The predicted octanol–water partition coefficient (Wildman–Crippen LogP) is 5.34. The van der Waals surface area contributed by atoms with Crippen LogP contribution in [0.25, 0.3) is 22.4 Å². The number of nitrogens with zero attached hydrogens (tertiary/aromatic N) is 2. The fourth-order valence-electron chi connectivity index (χ4n) is 3.23.